The summed E-state index contributed by atoms with van der Waals surface area (Å²) in [5.74, 6) is 1.18. The highest BCUT2D eigenvalue weighted by molar-refractivity contribution is 9.10. The minimum Gasteiger partial charge on any atom is -0.493 e. The summed E-state index contributed by atoms with van der Waals surface area (Å²) in [7, 11) is 1.56. The number of benzene rings is 1. The van der Waals surface area contributed by atoms with E-state index in [1.165, 1.54) is 0 Å². The number of halogens is 1. The quantitative estimate of drug-likeness (QED) is 0.816. The van der Waals surface area contributed by atoms with Crippen LogP contribution in [0.2, 0.25) is 0 Å². The molecule has 0 radical (unpaired) electrons. The molecule has 0 aliphatic rings. The van der Waals surface area contributed by atoms with E-state index >= 15 is 0 Å². The summed E-state index contributed by atoms with van der Waals surface area (Å²) in [5, 5.41) is 8.35. The molecular formula is C9H8BrNO2. The van der Waals surface area contributed by atoms with E-state index in [1.807, 2.05) is 18.2 Å². The zero-order valence-corrected chi connectivity index (χ0v) is 8.67. The van der Waals surface area contributed by atoms with Crippen LogP contribution in [0.5, 0.6) is 11.5 Å². The molecule has 0 aromatic heterocycles. The van der Waals surface area contributed by atoms with Gasteiger partial charge in [0.15, 0.2) is 18.1 Å². The Labute approximate surface area is 85.0 Å². The van der Waals surface area contributed by atoms with E-state index in [0.717, 1.165) is 4.47 Å². The molecule has 4 heteroatoms. The van der Waals surface area contributed by atoms with Gasteiger partial charge in [-0.15, -0.1) is 0 Å². The fourth-order valence-electron chi connectivity index (χ4n) is 0.894. The average molecular weight is 242 g/mol. The molecule has 0 aliphatic heterocycles. The fourth-order valence-corrected chi connectivity index (χ4v) is 1.36. The number of ether oxygens (including phenoxy) is 2. The van der Waals surface area contributed by atoms with Gasteiger partial charge in [-0.3, -0.25) is 0 Å². The lowest BCUT2D eigenvalue weighted by Crippen LogP contribution is -1.97. The van der Waals surface area contributed by atoms with Crippen molar-refractivity contribution in [1.29, 1.82) is 5.26 Å². The van der Waals surface area contributed by atoms with E-state index in [4.69, 9.17) is 14.7 Å². The molecule has 0 aliphatic carbocycles. The topological polar surface area (TPSA) is 42.2 Å². The van der Waals surface area contributed by atoms with Gasteiger partial charge in [-0.1, -0.05) is 6.07 Å². The third-order valence-corrected chi connectivity index (χ3v) is 2.06. The van der Waals surface area contributed by atoms with Crippen LogP contribution >= 0.6 is 15.9 Å². The summed E-state index contributed by atoms with van der Waals surface area (Å²) in [6.45, 7) is 0.0129. The third-order valence-electron chi connectivity index (χ3n) is 1.43. The lowest BCUT2D eigenvalue weighted by Gasteiger charge is -2.09. The fraction of sp³-hybridized carbons (Fsp3) is 0.222. The average Bonchev–Trinajstić information content (AvgIpc) is 2.15. The van der Waals surface area contributed by atoms with Crippen LogP contribution in [-0.2, 0) is 0 Å². The number of nitrogens with zero attached hydrogens (tertiary/aromatic N) is 1. The number of hydrogen-bond acceptors (Lipinski definition) is 3. The van der Waals surface area contributed by atoms with Crippen molar-refractivity contribution in [2.24, 2.45) is 0 Å². The molecular weight excluding hydrogens is 234 g/mol. The number of nitriles is 1. The summed E-state index contributed by atoms with van der Waals surface area (Å²) >= 11 is 3.30. The highest BCUT2D eigenvalue weighted by Crippen LogP contribution is 2.34. The zero-order valence-electron chi connectivity index (χ0n) is 7.08. The Morgan fingerprint density at radius 3 is 2.92 bits per heavy atom. The monoisotopic (exact) mass is 241 g/mol. The van der Waals surface area contributed by atoms with Gasteiger partial charge in [0.2, 0.25) is 0 Å². The first-order valence-corrected chi connectivity index (χ1v) is 4.41. The Balaban J connectivity index is 2.95. The highest BCUT2D eigenvalue weighted by atomic mass is 79.9. The summed E-state index contributed by atoms with van der Waals surface area (Å²) in [6, 6.07) is 7.34. The maximum atomic E-state index is 8.35. The standard InChI is InChI=1S/C9H8BrNO2/c1-12-8-4-2-3-7(10)9(8)13-6-5-11/h2-4H,6H2,1H3. The van der Waals surface area contributed by atoms with E-state index < -0.39 is 0 Å². The van der Waals surface area contributed by atoms with Gasteiger partial charge < -0.3 is 9.47 Å². The SMILES string of the molecule is COc1cccc(Br)c1OCC#N. The molecule has 0 N–H and O–H groups in total. The van der Waals surface area contributed by atoms with Gasteiger partial charge in [0.05, 0.1) is 11.6 Å². The van der Waals surface area contributed by atoms with Crippen LogP contribution in [0.3, 0.4) is 0 Å². The molecule has 0 saturated carbocycles. The number of methoxy groups -OCH3 is 1. The van der Waals surface area contributed by atoms with Crippen molar-refractivity contribution >= 4 is 15.9 Å². The maximum absolute atomic E-state index is 8.35. The molecule has 0 fully saturated rings. The number of hydrogen-bond donors (Lipinski definition) is 0. The van der Waals surface area contributed by atoms with Gasteiger partial charge >= 0.3 is 0 Å². The van der Waals surface area contributed by atoms with Gasteiger partial charge in [-0.25, -0.2) is 0 Å². The van der Waals surface area contributed by atoms with Crippen LogP contribution in [0, 0.1) is 11.3 Å². The minimum atomic E-state index is 0.0129. The van der Waals surface area contributed by atoms with Gasteiger partial charge in [0.1, 0.15) is 6.07 Å². The Morgan fingerprint density at radius 1 is 1.54 bits per heavy atom. The van der Waals surface area contributed by atoms with Crippen LogP contribution in [0.4, 0.5) is 0 Å². The largest absolute Gasteiger partial charge is 0.493 e. The molecule has 1 aromatic rings. The van der Waals surface area contributed by atoms with Crippen molar-refractivity contribution in [3.05, 3.63) is 22.7 Å². The second kappa shape index (κ2) is 4.73. The van der Waals surface area contributed by atoms with Gasteiger partial charge in [0, 0.05) is 0 Å². The molecule has 0 atom stereocenters. The Bertz CT molecular complexity index is 333. The Morgan fingerprint density at radius 2 is 2.31 bits per heavy atom. The summed E-state index contributed by atoms with van der Waals surface area (Å²) in [4.78, 5) is 0. The van der Waals surface area contributed by atoms with Crippen LogP contribution in [-0.4, -0.2) is 13.7 Å². The van der Waals surface area contributed by atoms with Crippen molar-refractivity contribution < 1.29 is 9.47 Å². The van der Waals surface area contributed by atoms with Crippen LogP contribution in [0.25, 0.3) is 0 Å². The number of rotatable bonds is 3. The first-order chi connectivity index (χ1) is 6.29. The van der Waals surface area contributed by atoms with Crippen molar-refractivity contribution in [3.8, 4) is 17.6 Å². The van der Waals surface area contributed by atoms with Crippen molar-refractivity contribution in [2.75, 3.05) is 13.7 Å². The normalized spacial score (nSPS) is 9.00. The first-order valence-electron chi connectivity index (χ1n) is 3.62. The lowest BCUT2D eigenvalue weighted by atomic mass is 10.3. The summed E-state index contributed by atoms with van der Waals surface area (Å²) in [6.07, 6.45) is 0. The molecule has 0 saturated heterocycles. The van der Waals surface area contributed by atoms with Crippen molar-refractivity contribution in [3.63, 3.8) is 0 Å². The highest BCUT2D eigenvalue weighted by Gasteiger charge is 2.07. The predicted octanol–water partition coefficient (Wildman–Crippen LogP) is 2.36. The minimum absolute atomic E-state index is 0.0129. The molecule has 3 nitrogen and oxygen atoms in total. The summed E-state index contributed by atoms with van der Waals surface area (Å²) in [5.41, 5.74) is 0. The van der Waals surface area contributed by atoms with Crippen LogP contribution < -0.4 is 9.47 Å². The lowest BCUT2D eigenvalue weighted by molar-refractivity contribution is 0.327. The number of para-hydroxylation sites is 1. The van der Waals surface area contributed by atoms with E-state index in [-0.39, 0.29) is 6.61 Å². The van der Waals surface area contributed by atoms with Gasteiger partial charge in [0.25, 0.3) is 0 Å². The van der Waals surface area contributed by atoms with E-state index in [9.17, 15) is 0 Å². The molecule has 0 heterocycles. The van der Waals surface area contributed by atoms with Gasteiger partial charge in [-0.2, -0.15) is 5.26 Å². The van der Waals surface area contributed by atoms with E-state index in [0.29, 0.717) is 11.5 Å². The molecule has 0 amide bonds. The molecule has 1 rings (SSSR count). The molecule has 0 spiro atoms. The second-order valence-electron chi connectivity index (χ2n) is 2.22. The van der Waals surface area contributed by atoms with Crippen molar-refractivity contribution in [2.45, 2.75) is 0 Å². The first kappa shape index (κ1) is 9.87. The van der Waals surface area contributed by atoms with E-state index in [1.54, 1.807) is 13.2 Å². The zero-order chi connectivity index (χ0) is 9.68. The molecule has 0 unspecified atom stereocenters. The molecule has 0 bridgehead atoms. The second-order valence-corrected chi connectivity index (χ2v) is 3.07. The third kappa shape index (κ3) is 2.36. The Kier molecular flexibility index (Phi) is 3.59. The molecule has 1 aromatic carbocycles. The Hall–Kier alpha value is -1.21. The summed E-state index contributed by atoms with van der Waals surface area (Å²) < 4.78 is 11.0. The van der Waals surface area contributed by atoms with Crippen LogP contribution in [0.1, 0.15) is 0 Å². The van der Waals surface area contributed by atoms with E-state index in [2.05, 4.69) is 15.9 Å². The van der Waals surface area contributed by atoms with Crippen LogP contribution in [0.15, 0.2) is 22.7 Å². The molecule has 68 valence electrons. The molecule has 13 heavy (non-hydrogen) atoms. The van der Waals surface area contributed by atoms with Crippen molar-refractivity contribution in [1.82, 2.24) is 0 Å². The maximum Gasteiger partial charge on any atom is 0.176 e. The predicted molar refractivity (Wildman–Crippen MR) is 51.8 cm³/mol. The van der Waals surface area contributed by atoms with Gasteiger partial charge in [-0.05, 0) is 28.1 Å². The smallest absolute Gasteiger partial charge is 0.176 e.